The highest BCUT2D eigenvalue weighted by Crippen LogP contribution is 2.20. The number of hydrogen-bond donors (Lipinski definition) is 2. The van der Waals surface area contributed by atoms with E-state index in [4.69, 9.17) is 10.2 Å². The second-order valence-electron chi connectivity index (χ2n) is 3.80. The summed E-state index contributed by atoms with van der Waals surface area (Å²) in [6.07, 6.45) is 0.327. The summed E-state index contributed by atoms with van der Waals surface area (Å²) < 4.78 is 10.4. The van der Waals surface area contributed by atoms with Crippen LogP contribution in [0.4, 0.5) is 0 Å². The van der Waals surface area contributed by atoms with Gasteiger partial charge in [-0.15, -0.1) is 0 Å². The van der Waals surface area contributed by atoms with Crippen molar-refractivity contribution in [2.24, 2.45) is 5.73 Å². The lowest BCUT2D eigenvalue weighted by Gasteiger charge is -2.09. The first-order valence-corrected chi connectivity index (χ1v) is 6.24. The van der Waals surface area contributed by atoms with Crippen molar-refractivity contribution in [1.29, 1.82) is 0 Å². The average molecular weight is 362 g/mol. The number of carbonyl (C=O) groups is 1. The normalized spacial score (nSPS) is 12.6. The molecule has 0 fully saturated rings. The molecule has 0 aliphatic heterocycles. The molecule has 1 atom stereocenters. The number of nitrogens with two attached hydrogens (primary N) is 1. The number of benzene rings is 1. The van der Waals surface area contributed by atoms with E-state index >= 15 is 0 Å². The number of H-pyrrole nitrogens is 1. The number of hydrogen-bond acceptors (Lipinski definition) is 5. The fraction of sp³-hybridized carbons (Fsp3) is 0.273. The molecule has 0 bridgehead atoms. The third-order valence-corrected chi connectivity index (χ3v) is 3.35. The Balaban J connectivity index is 2.35. The highest BCUT2D eigenvalue weighted by molar-refractivity contribution is 14.1. The molecule has 0 aliphatic carbocycles. The average Bonchev–Trinajstić information content (AvgIpc) is 2.69. The minimum Gasteiger partial charge on any atom is -0.468 e. The SMILES string of the molecule is COC(=O)[C@H](N)Cc1cc(I)c2[nH]c(=O)oc2c1. The van der Waals surface area contributed by atoms with Gasteiger partial charge in [0.2, 0.25) is 0 Å². The van der Waals surface area contributed by atoms with Gasteiger partial charge in [-0.2, -0.15) is 0 Å². The van der Waals surface area contributed by atoms with E-state index in [-0.39, 0.29) is 0 Å². The summed E-state index contributed by atoms with van der Waals surface area (Å²) in [5.41, 5.74) is 7.60. The zero-order valence-corrected chi connectivity index (χ0v) is 11.7. The third kappa shape index (κ3) is 2.56. The van der Waals surface area contributed by atoms with Crippen molar-refractivity contribution in [2.45, 2.75) is 12.5 Å². The summed E-state index contributed by atoms with van der Waals surface area (Å²) in [7, 11) is 1.29. The number of oxazole rings is 1. The fourth-order valence-electron chi connectivity index (χ4n) is 1.67. The van der Waals surface area contributed by atoms with Gasteiger partial charge in [-0.1, -0.05) is 0 Å². The summed E-state index contributed by atoms with van der Waals surface area (Å²) >= 11 is 2.08. The second-order valence-corrected chi connectivity index (χ2v) is 4.96. The number of halogens is 1. The van der Waals surface area contributed by atoms with Gasteiger partial charge >= 0.3 is 11.7 Å². The van der Waals surface area contributed by atoms with Crippen LogP contribution in [0.5, 0.6) is 0 Å². The molecule has 0 unspecified atom stereocenters. The molecular formula is C11H11IN2O4. The molecular weight excluding hydrogens is 351 g/mol. The van der Waals surface area contributed by atoms with Crippen molar-refractivity contribution in [3.8, 4) is 0 Å². The van der Waals surface area contributed by atoms with Crippen LogP contribution in [-0.4, -0.2) is 24.1 Å². The summed E-state index contributed by atoms with van der Waals surface area (Å²) in [5.74, 6) is -0.974. The highest BCUT2D eigenvalue weighted by atomic mass is 127. The van der Waals surface area contributed by atoms with Crippen LogP contribution in [0.2, 0.25) is 0 Å². The summed E-state index contributed by atoms with van der Waals surface area (Å²) in [4.78, 5) is 24.9. The van der Waals surface area contributed by atoms with Crippen LogP contribution in [0, 0.1) is 3.57 Å². The minimum atomic E-state index is -0.728. The van der Waals surface area contributed by atoms with Gasteiger partial charge in [0.25, 0.3) is 0 Å². The summed E-state index contributed by atoms with van der Waals surface area (Å²) in [6.45, 7) is 0. The quantitative estimate of drug-likeness (QED) is 0.621. The molecule has 0 saturated heterocycles. The van der Waals surface area contributed by atoms with Crippen molar-refractivity contribution >= 4 is 39.7 Å². The zero-order chi connectivity index (χ0) is 13.3. The molecule has 7 heteroatoms. The van der Waals surface area contributed by atoms with E-state index in [1.54, 1.807) is 6.07 Å². The molecule has 1 aromatic carbocycles. The predicted octanol–water partition coefficient (Wildman–Crippen LogP) is 0.768. The van der Waals surface area contributed by atoms with Gasteiger partial charge in [-0.3, -0.25) is 9.78 Å². The van der Waals surface area contributed by atoms with Crippen molar-refractivity contribution in [3.05, 3.63) is 31.8 Å². The Labute approximate surface area is 116 Å². The van der Waals surface area contributed by atoms with E-state index in [1.165, 1.54) is 7.11 Å². The molecule has 96 valence electrons. The first-order valence-electron chi connectivity index (χ1n) is 5.16. The molecule has 18 heavy (non-hydrogen) atoms. The van der Waals surface area contributed by atoms with Crippen molar-refractivity contribution < 1.29 is 13.9 Å². The molecule has 3 N–H and O–H groups in total. The third-order valence-electron chi connectivity index (χ3n) is 2.50. The van der Waals surface area contributed by atoms with Crippen molar-refractivity contribution in [2.75, 3.05) is 7.11 Å². The summed E-state index contributed by atoms with van der Waals surface area (Å²) in [5, 5.41) is 0. The number of aromatic amines is 1. The van der Waals surface area contributed by atoms with Crippen LogP contribution in [0.1, 0.15) is 5.56 Å². The molecule has 0 radical (unpaired) electrons. The van der Waals surface area contributed by atoms with E-state index in [0.29, 0.717) is 17.5 Å². The Kier molecular flexibility index (Phi) is 3.71. The Bertz CT molecular complexity index is 646. The maximum absolute atomic E-state index is 11.2. The first kappa shape index (κ1) is 13.1. The number of carbonyl (C=O) groups excluding carboxylic acids is 1. The molecule has 1 aromatic heterocycles. The van der Waals surface area contributed by atoms with Gasteiger partial charge in [-0.25, -0.2) is 4.79 Å². The van der Waals surface area contributed by atoms with Crippen LogP contribution in [0.15, 0.2) is 21.3 Å². The van der Waals surface area contributed by atoms with Crippen molar-refractivity contribution in [3.63, 3.8) is 0 Å². The molecule has 0 saturated carbocycles. The lowest BCUT2D eigenvalue weighted by Crippen LogP contribution is -2.33. The Hall–Kier alpha value is -1.35. The Morgan fingerprint density at radius 2 is 2.33 bits per heavy atom. The van der Waals surface area contributed by atoms with E-state index in [2.05, 4.69) is 32.3 Å². The van der Waals surface area contributed by atoms with E-state index in [1.807, 2.05) is 6.07 Å². The molecule has 0 aliphatic rings. The zero-order valence-electron chi connectivity index (χ0n) is 9.53. The van der Waals surface area contributed by atoms with Crippen LogP contribution in [0.25, 0.3) is 11.1 Å². The molecule has 0 amide bonds. The molecule has 2 rings (SSSR count). The highest BCUT2D eigenvalue weighted by Gasteiger charge is 2.16. The second kappa shape index (κ2) is 5.11. The number of fused-ring (bicyclic) bond motifs is 1. The number of ether oxygens (including phenoxy) is 1. The van der Waals surface area contributed by atoms with Gasteiger partial charge < -0.3 is 14.9 Å². The number of nitrogens with one attached hydrogen (secondary N) is 1. The topological polar surface area (TPSA) is 98.3 Å². The first-order chi connectivity index (χ1) is 8.51. The van der Waals surface area contributed by atoms with Gasteiger partial charge in [0, 0.05) is 3.57 Å². The molecule has 2 aromatic rings. The van der Waals surface area contributed by atoms with Crippen LogP contribution in [0.3, 0.4) is 0 Å². The maximum Gasteiger partial charge on any atom is 0.417 e. The van der Waals surface area contributed by atoms with Crippen LogP contribution < -0.4 is 11.5 Å². The largest absolute Gasteiger partial charge is 0.468 e. The predicted molar refractivity (Wildman–Crippen MR) is 73.2 cm³/mol. The number of aromatic nitrogens is 1. The number of methoxy groups -OCH3 is 1. The van der Waals surface area contributed by atoms with E-state index in [0.717, 1.165) is 9.13 Å². The standard InChI is InChI=1S/C11H11IN2O4/c1-17-10(15)7(13)3-5-2-6(12)9-8(4-5)18-11(16)14-9/h2,4,7H,3,13H2,1H3,(H,14,16)/t7-/m1/s1. The van der Waals surface area contributed by atoms with Gasteiger partial charge in [0.05, 0.1) is 7.11 Å². The molecule has 0 spiro atoms. The van der Waals surface area contributed by atoms with Gasteiger partial charge in [0.1, 0.15) is 11.6 Å². The van der Waals surface area contributed by atoms with Gasteiger partial charge in [0.15, 0.2) is 5.58 Å². The molecule has 1 heterocycles. The lowest BCUT2D eigenvalue weighted by atomic mass is 10.1. The fourth-order valence-corrected chi connectivity index (χ4v) is 2.47. The smallest absolute Gasteiger partial charge is 0.417 e. The Morgan fingerprint density at radius 3 is 3.00 bits per heavy atom. The number of rotatable bonds is 3. The lowest BCUT2D eigenvalue weighted by molar-refractivity contribution is -0.142. The summed E-state index contributed by atoms with van der Waals surface area (Å²) in [6, 6.07) is 2.81. The minimum absolute atomic E-state index is 0.327. The van der Waals surface area contributed by atoms with Gasteiger partial charge in [-0.05, 0) is 46.7 Å². The number of esters is 1. The monoisotopic (exact) mass is 362 g/mol. The van der Waals surface area contributed by atoms with Crippen molar-refractivity contribution in [1.82, 2.24) is 4.98 Å². The van der Waals surface area contributed by atoms with Crippen LogP contribution >= 0.6 is 22.6 Å². The molecule has 6 nitrogen and oxygen atoms in total. The maximum atomic E-state index is 11.2. The van der Waals surface area contributed by atoms with E-state index in [9.17, 15) is 9.59 Å². The Morgan fingerprint density at radius 1 is 1.61 bits per heavy atom. The van der Waals surface area contributed by atoms with Crippen LogP contribution in [-0.2, 0) is 16.0 Å². The van der Waals surface area contributed by atoms with E-state index < -0.39 is 17.8 Å².